The van der Waals surface area contributed by atoms with Gasteiger partial charge in [-0.05, 0) is 51.5 Å². The number of amides is 1. The van der Waals surface area contributed by atoms with Gasteiger partial charge in [-0.25, -0.2) is 4.98 Å². The van der Waals surface area contributed by atoms with Gasteiger partial charge in [0, 0.05) is 30.4 Å². The molecule has 2 aromatic rings. The van der Waals surface area contributed by atoms with Crippen LogP contribution in [0.25, 0.3) is 10.2 Å². The Kier molecular flexibility index (Phi) is 6.82. The maximum absolute atomic E-state index is 13.2. The molecule has 0 N–H and O–H groups in total. The van der Waals surface area contributed by atoms with Crippen LogP contribution in [0.3, 0.4) is 0 Å². The second kappa shape index (κ2) is 9.41. The normalized spacial score (nSPS) is 24.7. The quantitative estimate of drug-likeness (QED) is 0.647. The monoisotopic (exact) mass is 445 g/mol. The van der Waals surface area contributed by atoms with Gasteiger partial charge in [-0.15, -0.1) is 11.3 Å². The minimum atomic E-state index is -0.0303. The Hall–Kier alpha value is -1.73. The molecule has 0 radical (unpaired) electrons. The van der Waals surface area contributed by atoms with Crippen LogP contribution < -0.4 is 4.74 Å². The lowest BCUT2D eigenvalue weighted by Gasteiger charge is -2.37. The van der Waals surface area contributed by atoms with Crippen LogP contribution in [0.2, 0.25) is 0 Å². The van der Waals surface area contributed by atoms with Crippen molar-refractivity contribution in [3.05, 3.63) is 16.3 Å². The molecule has 4 rings (SSSR count). The fourth-order valence-electron chi connectivity index (χ4n) is 4.81. The topological polar surface area (TPSA) is 64.5 Å². The van der Waals surface area contributed by atoms with Gasteiger partial charge in [0.15, 0.2) is 0 Å². The molecule has 1 saturated carbocycles. The predicted octanol–water partition coefficient (Wildman–Crippen LogP) is 5.01. The van der Waals surface area contributed by atoms with Gasteiger partial charge in [0.1, 0.15) is 16.8 Å². The summed E-state index contributed by atoms with van der Waals surface area (Å²) in [5, 5.41) is 1.03. The van der Waals surface area contributed by atoms with Gasteiger partial charge in [0.2, 0.25) is 11.8 Å². The Morgan fingerprint density at radius 3 is 2.65 bits per heavy atom. The standard InChI is InChI=1S/C24H35N3O3S/c1-14(2)21-25-22(20-15(3)16(4)31-23(20)26-21)30-19-10-7-11-27(13-19)24(28)17-8-6-9-18(12-17)29-5/h14,17-19H,6-13H2,1-5H3/t17-,18-,19+/m1/s1. The lowest BCUT2D eigenvalue weighted by molar-refractivity contribution is -0.140. The molecule has 0 spiro atoms. The molecular formula is C24H35N3O3S. The molecule has 2 aromatic heterocycles. The molecule has 0 unspecified atom stereocenters. The molecule has 6 nitrogen and oxygen atoms in total. The van der Waals surface area contributed by atoms with E-state index in [2.05, 4.69) is 27.7 Å². The molecular weight excluding hydrogens is 410 g/mol. The van der Waals surface area contributed by atoms with E-state index in [9.17, 15) is 4.79 Å². The van der Waals surface area contributed by atoms with Crippen LogP contribution in [0.4, 0.5) is 0 Å². The Bertz CT molecular complexity index is 942. The average Bonchev–Trinajstić information content (AvgIpc) is 3.07. The van der Waals surface area contributed by atoms with E-state index in [1.807, 2.05) is 4.90 Å². The van der Waals surface area contributed by atoms with E-state index < -0.39 is 0 Å². The van der Waals surface area contributed by atoms with Crippen molar-refractivity contribution < 1.29 is 14.3 Å². The Morgan fingerprint density at radius 2 is 1.90 bits per heavy atom. The van der Waals surface area contributed by atoms with Crippen LogP contribution in [-0.2, 0) is 9.53 Å². The van der Waals surface area contributed by atoms with Gasteiger partial charge < -0.3 is 14.4 Å². The van der Waals surface area contributed by atoms with Gasteiger partial charge in [-0.3, -0.25) is 4.79 Å². The van der Waals surface area contributed by atoms with Gasteiger partial charge >= 0.3 is 0 Å². The molecule has 3 atom stereocenters. The molecule has 0 bridgehead atoms. The van der Waals surface area contributed by atoms with E-state index in [1.54, 1.807) is 18.4 Å². The van der Waals surface area contributed by atoms with Crippen molar-refractivity contribution in [1.82, 2.24) is 14.9 Å². The summed E-state index contributed by atoms with van der Waals surface area (Å²) in [6, 6.07) is 0. The van der Waals surface area contributed by atoms with E-state index >= 15 is 0 Å². The molecule has 7 heteroatoms. The smallest absolute Gasteiger partial charge is 0.226 e. The van der Waals surface area contributed by atoms with Gasteiger partial charge in [-0.1, -0.05) is 20.3 Å². The number of hydrogen-bond donors (Lipinski definition) is 0. The van der Waals surface area contributed by atoms with Crippen molar-refractivity contribution in [3.63, 3.8) is 0 Å². The van der Waals surface area contributed by atoms with Gasteiger partial charge in [0.25, 0.3) is 0 Å². The maximum Gasteiger partial charge on any atom is 0.226 e. The third-order valence-corrected chi connectivity index (χ3v) is 7.91. The lowest BCUT2D eigenvalue weighted by atomic mass is 9.86. The number of rotatable bonds is 5. The summed E-state index contributed by atoms with van der Waals surface area (Å²) in [6.45, 7) is 9.91. The predicted molar refractivity (Wildman–Crippen MR) is 124 cm³/mol. The molecule has 170 valence electrons. The second-order valence-electron chi connectivity index (χ2n) is 9.39. The number of aromatic nitrogens is 2. The number of carbonyl (C=O) groups is 1. The van der Waals surface area contributed by atoms with Crippen molar-refractivity contribution in [1.29, 1.82) is 0 Å². The minimum Gasteiger partial charge on any atom is -0.472 e. The van der Waals surface area contributed by atoms with Gasteiger partial charge in [-0.2, -0.15) is 4.98 Å². The highest BCUT2D eigenvalue weighted by atomic mass is 32.1. The fraction of sp³-hybridized carbons (Fsp3) is 0.708. The van der Waals surface area contributed by atoms with Crippen LogP contribution in [0.1, 0.15) is 74.6 Å². The third-order valence-electron chi connectivity index (χ3n) is 6.81. The summed E-state index contributed by atoms with van der Waals surface area (Å²) in [7, 11) is 1.75. The first kappa shape index (κ1) is 22.5. The number of hydrogen-bond acceptors (Lipinski definition) is 6. The maximum atomic E-state index is 13.2. The molecule has 1 aliphatic heterocycles. The summed E-state index contributed by atoms with van der Waals surface area (Å²) in [5.74, 6) is 2.09. The molecule has 31 heavy (non-hydrogen) atoms. The van der Waals surface area contributed by atoms with Crippen LogP contribution >= 0.6 is 11.3 Å². The van der Waals surface area contributed by atoms with Crippen molar-refractivity contribution in [3.8, 4) is 5.88 Å². The molecule has 1 amide bonds. The third kappa shape index (κ3) is 4.72. The first-order valence-electron chi connectivity index (χ1n) is 11.6. The van der Waals surface area contributed by atoms with Crippen LogP contribution in [-0.4, -0.2) is 53.2 Å². The van der Waals surface area contributed by atoms with Crippen LogP contribution in [0.5, 0.6) is 5.88 Å². The Labute approximate surface area is 189 Å². The Morgan fingerprint density at radius 1 is 1.13 bits per heavy atom. The molecule has 1 saturated heterocycles. The number of fused-ring (bicyclic) bond motifs is 1. The number of nitrogens with zero attached hydrogens (tertiary/aromatic N) is 3. The largest absolute Gasteiger partial charge is 0.472 e. The second-order valence-corrected chi connectivity index (χ2v) is 10.6. The first-order valence-corrected chi connectivity index (χ1v) is 12.4. The molecule has 2 fully saturated rings. The summed E-state index contributed by atoms with van der Waals surface area (Å²) in [5.41, 5.74) is 1.20. The summed E-state index contributed by atoms with van der Waals surface area (Å²) in [4.78, 5) is 27.1. The number of carbonyl (C=O) groups excluding carboxylic acids is 1. The van der Waals surface area contributed by atoms with Crippen molar-refractivity contribution in [2.75, 3.05) is 20.2 Å². The Balaban J connectivity index is 1.52. The molecule has 3 heterocycles. The fourth-order valence-corrected chi connectivity index (χ4v) is 5.83. The minimum absolute atomic E-state index is 0.0303. The zero-order valence-electron chi connectivity index (χ0n) is 19.4. The number of methoxy groups -OCH3 is 1. The highest BCUT2D eigenvalue weighted by Crippen LogP contribution is 2.36. The average molecular weight is 446 g/mol. The molecule has 2 aliphatic rings. The number of piperidine rings is 1. The number of likely N-dealkylation sites (tertiary alicyclic amines) is 1. The summed E-state index contributed by atoms with van der Waals surface area (Å²) >= 11 is 1.71. The summed E-state index contributed by atoms with van der Waals surface area (Å²) in [6.07, 6.45) is 6.03. The number of ether oxygens (including phenoxy) is 2. The van der Waals surface area contributed by atoms with Crippen LogP contribution in [0, 0.1) is 19.8 Å². The van der Waals surface area contributed by atoms with Gasteiger partial charge in [0.05, 0.1) is 18.0 Å². The van der Waals surface area contributed by atoms with E-state index in [0.717, 1.165) is 61.1 Å². The zero-order valence-corrected chi connectivity index (χ0v) is 20.3. The van der Waals surface area contributed by atoms with E-state index in [0.29, 0.717) is 12.4 Å². The number of aryl methyl sites for hydroxylation is 2. The SMILES string of the molecule is CO[C@@H]1CCC[C@@H](C(=O)N2CCC[C@H](Oc3nc(C(C)C)nc4sc(C)c(C)c34)C2)C1. The molecule has 1 aliphatic carbocycles. The summed E-state index contributed by atoms with van der Waals surface area (Å²) < 4.78 is 12.0. The van der Waals surface area contributed by atoms with E-state index in [-0.39, 0.29) is 30.0 Å². The van der Waals surface area contributed by atoms with Crippen molar-refractivity contribution in [2.45, 2.75) is 84.3 Å². The van der Waals surface area contributed by atoms with E-state index in [1.165, 1.54) is 10.4 Å². The highest BCUT2D eigenvalue weighted by Gasteiger charge is 2.33. The van der Waals surface area contributed by atoms with Crippen LogP contribution in [0.15, 0.2) is 0 Å². The number of thiophene rings is 1. The zero-order chi connectivity index (χ0) is 22.1. The molecule has 0 aromatic carbocycles. The van der Waals surface area contributed by atoms with E-state index in [4.69, 9.17) is 19.4 Å². The highest BCUT2D eigenvalue weighted by molar-refractivity contribution is 7.18. The van der Waals surface area contributed by atoms with Crippen molar-refractivity contribution >= 4 is 27.5 Å². The first-order chi connectivity index (χ1) is 14.9. The van der Waals surface area contributed by atoms with Crippen molar-refractivity contribution in [2.24, 2.45) is 5.92 Å². The lowest BCUT2D eigenvalue weighted by Crippen LogP contribution is -2.47.